The van der Waals surface area contributed by atoms with E-state index in [0.717, 1.165) is 12.8 Å². The molecule has 0 aromatic carbocycles. The van der Waals surface area contributed by atoms with Crippen molar-refractivity contribution in [2.45, 2.75) is 57.9 Å². The minimum Gasteiger partial charge on any atom is -0.349 e. The summed E-state index contributed by atoms with van der Waals surface area (Å²) in [5, 5.41) is 10.7. The molecule has 1 aliphatic rings. The highest BCUT2D eigenvalue weighted by Crippen LogP contribution is 2.15. The van der Waals surface area contributed by atoms with Gasteiger partial charge < -0.3 is 14.7 Å². The summed E-state index contributed by atoms with van der Waals surface area (Å²) in [5.41, 5.74) is 0.708. The Labute approximate surface area is 163 Å². The van der Waals surface area contributed by atoms with Crippen LogP contribution in [0.2, 0.25) is 0 Å². The van der Waals surface area contributed by atoms with Crippen LogP contribution in [0.3, 0.4) is 0 Å². The van der Waals surface area contributed by atoms with E-state index in [4.69, 9.17) is 4.52 Å². The average molecular weight is 391 g/mol. The Morgan fingerprint density at radius 1 is 1.37 bits per heavy atom. The van der Waals surface area contributed by atoms with Crippen LogP contribution in [0, 0.1) is 0 Å². The molecular weight excluding hydrogens is 364 g/mol. The molecule has 7 nitrogen and oxygen atoms in total. The Morgan fingerprint density at radius 3 is 2.78 bits per heavy atom. The van der Waals surface area contributed by atoms with Crippen molar-refractivity contribution in [2.24, 2.45) is 0 Å². The van der Waals surface area contributed by atoms with Gasteiger partial charge in [0.05, 0.1) is 0 Å². The van der Waals surface area contributed by atoms with Crippen LogP contribution in [0.25, 0.3) is 0 Å². The fraction of sp³-hybridized carbons (Fsp3) is 0.579. The number of amides is 2. The summed E-state index contributed by atoms with van der Waals surface area (Å²) in [6.07, 6.45) is 3.39. The molecule has 8 heteroatoms. The van der Waals surface area contributed by atoms with Crippen molar-refractivity contribution in [3.8, 4) is 0 Å². The first-order valence-electron chi connectivity index (χ1n) is 9.46. The molecule has 2 aromatic heterocycles. The summed E-state index contributed by atoms with van der Waals surface area (Å²) in [7, 11) is 0. The number of nitrogens with zero attached hydrogens (tertiary/aromatic N) is 3. The topological polar surface area (TPSA) is 88.3 Å². The predicted octanol–water partition coefficient (Wildman–Crippen LogP) is 3.00. The first-order chi connectivity index (χ1) is 13.0. The molecular formula is C19H26N4O3S. The highest BCUT2D eigenvalue weighted by atomic mass is 32.1. The van der Waals surface area contributed by atoms with Crippen molar-refractivity contribution in [1.29, 1.82) is 0 Å². The fourth-order valence-electron chi connectivity index (χ4n) is 3.09. The number of carbonyl (C=O) groups excluding carboxylic acids is 2. The monoisotopic (exact) mass is 390 g/mol. The number of likely N-dealkylation sites (tertiary alicyclic amines) is 1. The van der Waals surface area contributed by atoms with E-state index in [-0.39, 0.29) is 23.8 Å². The zero-order chi connectivity index (χ0) is 19.2. The van der Waals surface area contributed by atoms with Gasteiger partial charge >= 0.3 is 0 Å². The summed E-state index contributed by atoms with van der Waals surface area (Å²) in [6, 6.07) is 1.96. The number of piperidine rings is 1. The zero-order valence-electron chi connectivity index (χ0n) is 15.8. The van der Waals surface area contributed by atoms with Gasteiger partial charge in [0.15, 0.2) is 5.82 Å². The van der Waals surface area contributed by atoms with E-state index in [0.29, 0.717) is 49.6 Å². The third-order valence-corrected chi connectivity index (χ3v) is 5.43. The summed E-state index contributed by atoms with van der Waals surface area (Å²) in [4.78, 5) is 30.7. The van der Waals surface area contributed by atoms with Gasteiger partial charge in [0.2, 0.25) is 11.8 Å². The molecule has 0 aliphatic carbocycles. The highest BCUT2D eigenvalue weighted by molar-refractivity contribution is 7.08. The Hall–Kier alpha value is -2.22. The molecule has 1 aliphatic heterocycles. The van der Waals surface area contributed by atoms with Crippen LogP contribution in [0.5, 0.6) is 0 Å². The normalized spacial score (nSPS) is 15.3. The lowest BCUT2D eigenvalue weighted by molar-refractivity contribution is -0.132. The smallest absolute Gasteiger partial charge is 0.252 e. The maximum atomic E-state index is 12.4. The Balaban J connectivity index is 1.36. The number of thiophene rings is 1. The first-order valence-corrected chi connectivity index (χ1v) is 10.4. The van der Waals surface area contributed by atoms with Crippen molar-refractivity contribution in [3.05, 3.63) is 34.1 Å². The number of carbonyl (C=O) groups is 2. The number of nitrogens with one attached hydrogen (secondary N) is 1. The molecule has 3 heterocycles. The van der Waals surface area contributed by atoms with Gasteiger partial charge in [-0.15, -0.1) is 0 Å². The molecule has 27 heavy (non-hydrogen) atoms. The van der Waals surface area contributed by atoms with Crippen LogP contribution < -0.4 is 5.32 Å². The third-order valence-electron chi connectivity index (χ3n) is 4.75. The molecule has 146 valence electrons. The summed E-state index contributed by atoms with van der Waals surface area (Å²) in [5.74, 6) is 1.68. The Kier molecular flexibility index (Phi) is 6.60. The lowest BCUT2D eigenvalue weighted by atomic mass is 10.0. The number of aromatic nitrogens is 2. The number of hydrogen-bond donors (Lipinski definition) is 1. The average Bonchev–Trinajstić information content (AvgIpc) is 3.34. The first kappa shape index (κ1) is 19.5. The molecule has 1 saturated heterocycles. The van der Waals surface area contributed by atoms with Crippen molar-refractivity contribution in [3.63, 3.8) is 0 Å². The maximum absolute atomic E-state index is 12.4. The van der Waals surface area contributed by atoms with Gasteiger partial charge in [-0.25, -0.2) is 0 Å². The lowest BCUT2D eigenvalue weighted by Crippen LogP contribution is -2.46. The number of hydrogen-bond acceptors (Lipinski definition) is 6. The lowest BCUT2D eigenvalue weighted by Gasteiger charge is -2.32. The van der Waals surface area contributed by atoms with Crippen molar-refractivity contribution in [2.75, 3.05) is 13.1 Å². The van der Waals surface area contributed by atoms with Crippen molar-refractivity contribution in [1.82, 2.24) is 20.4 Å². The van der Waals surface area contributed by atoms with E-state index < -0.39 is 0 Å². The molecule has 1 fully saturated rings. The molecule has 0 saturated carbocycles. The van der Waals surface area contributed by atoms with Gasteiger partial charge in [0.25, 0.3) is 5.91 Å². The quantitative estimate of drug-likeness (QED) is 0.785. The zero-order valence-corrected chi connectivity index (χ0v) is 16.6. The largest absolute Gasteiger partial charge is 0.349 e. The second kappa shape index (κ2) is 9.12. The fourth-order valence-corrected chi connectivity index (χ4v) is 3.72. The Bertz CT molecular complexity index is 749. The Morgan fingerprint density at radius 2 is 2.15 bits per heavy atom. The molecule has 0 bridgehead atoms. The molecule has 1 N–H and O–H groups in total. The summed E-state index contributed by atoms with van der Waals surface area (Å²) in [6.45, 7) is 5.41. The summed E-state index contributed by atoms with van der Waals surface area (Å²) < 4.78 is 5.21. The SMILES string of the molecule is CC(C)c1noc(CCCC(=O)N2CCC(NC(=O)c3ccsc3)CC2)n1. The minimum atomic E-state index is -0.0265. The molecule has 0 unspecified atom stereocenters. The van der Waals surface area contributed by atoms with E-state index >= 15 is 0 Å². The van der Waals surface area contributed by atoms with Crippen LogP contribution in [-0.4, -0.2) is 46.0 Å². The van der Waals surface area contributed by atoms with Crippen LogP contribution in [0.1, 0.15) is 67.5 Å². The van der Waals surface area contributed by atoms with Gasteiger partial charge in [-0.1, -0.05) is 19.0 Å². The van der Waals surface area contributed by atoms with Gasteiger partial charge in [-0.2, -0.15) is 16.3 Å². The maximum Gasteiger partial charge on any atom is 0.252 e. The van der Waals surface area contributed by atoms with E-state index in [9.17, 15) is 9.59 Å². The molecule has 2 aromatic rings. The second-order valence-electron chi connectivity index (χ2n) is 7.20. The van der Waals surface area contributed by atoms with Gasteiger partial charge in [0, 0.05) is 48.8 Å². The standard InChI is InChI=1S/C19H26N4O3S/c1-13(2)18-21-16(26-22-18)4-3-5-17(24)23-9-6-15(7-10-23)20-19(25)14-8-11-27-12-14/h8,11-13,15H,3-7,9-10H2,1-2H3,(H,20,25). The van der Waals surface area contributed by atoms with Crippen LogP contribution in [0.15, 0.2) is 21.3 Å². The van der Waals surface area contributed by atoms with E-state index in [2.05, 4.69) is 15.5 Å². The third kappa shape index (κ3) is 5.38. The van der Waals surface area contributed by atoms with E-state index in [1.54, 1.807) is 0 Å². The summed E-state index contributed by atoms with van der Waals surface area (Å²) >= 11 is 1.51. The van der Waals surface area contributed by atoms with Crippen LogP contribution in [-0.2, 0) is 11.2 Å². The molecule has 2 amide bonds. The van der Waals surface area contributed by atoms with E-state index in [1.165, 1.54) is 11.3 Å². The molecule has 0 atom stereocenters. The van der Waals surface area contributed by atoms with Gasteiger partial charge in [-0.3, -0.25) is 9.59 Å². The highest BCUT2D eigenvalue weighted by Gasteiger charge is 2.24. The molecule has 0 spiro atoms. The van der Waals surface area contributed by atoms with Gasteiger partial charge in [0.1, 0.15) is 0 Å². The van der Waals surface area contributed by atoms with Crippen molar-refractivity contribution < 1.29 is 14.1 Å². The molecule has 3 rings (SSSR count). The molecule has 0 radical (unpaired) electrons. The number of aryl methyl sites for hydroxylation is 1. The van der Waals surface area contributed by atoms with Crippen LogP contribution in [0.4, 0.5) is 0 Å². The number of rotatable bonds is 7. The van der Waals surface area contributed by atoms with Gasteiger partial charge in [-0.05, 0) is 30.7 Å². The van der Waals surface area contributed by atoms with E-state index in [1.807, 2.05) is 35.6 Å². The minimum absolute atomic E-state index is 0.0265. The predicted molar refractivity (Wildman–Crippen MR) is 103 cm³/mol. The van der Waals surface area contributed by atoms with Crippen LogP contribution >= 0.6 is 11.3 Å². The second-order valence-corrected chi connectivity index (χ2v) is 7.98. The van der Waals surface area contributed by atoms with Crippen molar-refractivity contribution >= 4 is 23.2 Å².